The number of nitrogens with two attached hydrogens (primary N) is 1. The zero-order chi connectivity index (χ0) is 8.27. The van der Waals surface area contributed by atoms with Crippen molar-refractivity contribution in [2.24, 2.45) is 11.8 Å². The van der Waals surface area contributed by atoms with Crippen molar-refractivity contribution in [1.29, 1.82) is 0 Å². The minimum atomic E-state index is 0.178. The molecule has 0 amide bonds. The summed E-state index contributed by atoms with van der Waals surface area (Å²) in [5.41, 5.74) is 2.75. The van der Waals surface area contributed by atoms with Gasteiger partial charge in [0.1, 0.15) is 5.76 Å². The SMILES string of the molecule is CC(C)C(NN)C1=CCCO1. The highest BCUT2D eigenvalue weighted by atomic mass is 16.5. The molecule has 0 saturated heterocycles. The minimum Gasteiger partial charge on any atom is -0.496 e. The number of nitrogens with one attached hydrogen (secondary N) is 1. The highest BCUT2D eigenvalue weighted by Crippen LogP contribution is 2.18. The Balaban J connectivity index is 2.53. The zero-order valence-electron chi connectivity index (χ0n) is 7.13. The Morgan fingerprint density at radius 3 is 2.73 bits per heavy atom. The molecule has 11 heavy (non-hydrogen) atoms. The van der Waals surface area contributed by atoms with Crippen LogP contribution in [0.4, 0.5) is 0 Å². The molecule has 0 aromatic heterocycles. The van der Waals surface area contributed by atoms with E-state index in [1.54, 1.807) is 0 Å². The van der Waals surface area contributed by atoms with E-state index in [0.29, 0.717) is 5.92 Å². The lowest BCUT2D eigenvalue weighted by Crippen LogP contribution is -2.40. The van der Waals surface area contributed by atoms with E-state index in [-0.39, 0.29) is 6.04 Å². The van der Waals surface area contributed by atoms with E-state index in [9.17, 15) is 0 Å². The van der Waals surface area contributed by atoms with Gasteiger partial charge in [0.25, 0.3) is 0 Å². The van der Waals surface area contributed by atoms with Crippen LogP contribution >= 0.6 is 0 Å². The maximum atomic E-state index is 5.39. The van der Waals surface area contributed by atoms with Gasteiger partial charge in [-0.15, -0.1) is 0 Å². The molecule has 3 heteroatoms. The summed E-state index contributed by atoms with van der Waals surface area (Å²) in [6, 6.07) is 0.178. The molecule has 1 aliphatic heterocycles. The summed E-state index contributed by atoms with van der Waals surface area (Å²) < 4.78 is 5.39. The van der Waals surface area contributed by atoms with Crippen molar-refractivity contribution >= 4 is 0 Å². The fraction of sp³-hybridized carbons (Fsp3) is 0.750. The van der Waals surface area contributed by atoms with E-state index >= 15 is 0 Å². The molecule has 0 fully saturated rings. The maximum absolute atomic E-state index is 5.39. The van der Waals surface area contributed by atoms with E-state index in [2.05, 4.69) is 25.3 Å². The molecular weight excluding hydrogens is 140 g/mol. The predicted octanol–water partition coefficient (Wildman–Crippen LogP) is 0.779. The first kappa shape index (κ1) is 8.56. The number of hydrogen-bond donors (Lipinski definition) is 2. The Labute approximate surface area is 67.6 Å². The second kappa shape index (κ2) is 3.74. The minimum absolute atomic E-state index is 0.178. The molecular formula is C8H16N2O. The standard InChI is InChI=1S/C8H16N2O/c1-6(2)8(10-9)7-4-3-5-11-7/h4,6,8,10H,3,5,9H2,1-2H3. The molecule has 1 aliphatic rings. The van der Waals surface area contributed by atoms with Gasteiger partial charge < -0.3 is 4.74 Å². The summed E-state index contributed by atoms with van der Waals surface area (Å²) in [6.07, 6.45) is 3.12. The first-order valence-corrected chi connectivity index (χ1v) is 4.04. The largest absolute Gasteiger partial charge is 0.496 e. The Bertz CT molecular complexity index is 154. The van der Waals surface area contributed by atoms with Crippen LogP contribution in [0, 0.1) is 5.92 Å². The highest BCUT2D eigenvalue weighted by Gasteiger charge is 2.20. The van der Waals surface area contributed by atoms with Crippen LogP contribution in [-0.2, 0) is 4.74 Å². The lowest BCUT2D eigenvalue weighted by molar-refractivity contribution is 0.200. The highest BCUT2D eigenvalue weighted by molar-refractivity contribution is 5.07. The number of ether oxygens (including phenoxy) is 1. The Morgan fingerprint density at radius 1 is 1.64 bits per heavy atom. The van der Waals surface area contributed by atoms with Gasteiger partial charge in [-0.05, 0) is 12.0 Å². The summed E-state index contributed by atoms with van der Waals surface area (Å²) in [5.74, 6) is 6.86. The molecule has 3 N–H and O–H groups in total. The third-order valence-corrected chi connectivity index (χ3v) is 1.88. The topological polar surface area (TPSA) is 47.3 Å². The van der Waals surface area contributed by atoms with Crippen LogP contribution in [0.3, 0.4) is 0 Å². The molecule has 0 bridgehead atoms. The number of hydrogen-bond acceptors (Lipinski definition) is 3. The molecule has 0 aromatic carbocycles. The van der Waals surface area contributed by atoms with Crippen molar-refractivity contribution in [2.45, 2.75) is 26.3 Å². The van der Waals surface area contributed by atoms with Gasteiger partial charge in [-0.25, -0.2) is 5.43 Å². The predicted molar refractivity (Wildman–Crippen MR) is 44.6 cm³/mol. The second-order valence-electron chi connectivity index (χ2n) is 3.13. The molecule has 64 valence electrons. The average Bonchev–Trinajstić information content (AvgIpc) is 2.40. The lowest BCUT2D eigenvalue weighted by Gasteiger charge is -2.20. The molecule has 0 saturated carbocycles. The molecule has 1 rings (SSSR count). The fourth-order valence-electron chi connectivity index (χ4n) is 1.26. The van der Waals surface area contributed by atoms with Crippen molar-refractivity contribution in [2.75, 3.05) is 6.61 Å². The van der Waals surface area contributed by atoms with Gasteiger partial charge in [0, 0.05) is 6.42 Å². The molecule has 3 nitrogen and oxygen atoms in total. The van der Waals surface area contributed by atoms with Crippen LogP contribution in [0.15, 0.2) is 11.8 Å². The normalized spacial score (nSPS) is 19.8. The number of rotatable bonds is 3. The van der Waals surface area contributed by atoms with Gasteiger partial charge in [0.2, 0.25) is 0 Å². The van der Waals surface area contributed by atoms with Crippen molar-refractivity contribution in [3.05, 3.63) is 11.8 Å². The summed E-state index contributed by atoms with van der Waals surface area (Å²) in [7, 11) is 0. The van der Waals surface area contributed by atoms with Gasteiger partial charge in [-0.1, -0.05) is 13.8 Å². The average molecular weight is 156 g/mol. The van der Waals surface area contributed by atoms with E-state index in [4.69, 9.17) is 10.6 Å². The van der Waals surface area contributed by atoms with E-state index in [1.165, 1.54) is 0 Å². The molecule has 0 aliphatic carbocycles. The molecule has 1 unspecified atom stereocenters. The third kappa shape index (κ3) is 1.94. The summed E-state index contributed by atoms with van der Waals surface area (Å²) in [6.45, 7) is 5.04. The first-order chi connectivity index (χ1) is 5.25. The van der Waals surface area contributed by atoms with Crippen LogP contribution in [0.5, 0.6) is 0 Å². The van der Waals surface area contributed by atoms with E-state index in [1.807, 2.05) is 0 Å². The van der Waals surface area contributed by atoms with Gasteiger partial charge in [0.05, 0.1) is 12.6 Å². The Morgan fingerprint density at radius 2 is 2.36 bits per heavy atom. The third-order valence-electron chi connectivity index (χ3n) is 1.88. The number of hydrazine groups is 1. The Hall–Kier alpha value is -0.540. The molecule has 0 aromatic rings. The van der Waals surface area contributed by atoms with Gasteiger partial charge in [0.15, 0.2) is 0 Å². The monoisotopic (exact) mass is 156 g/mol. The summed E-state index contributed by atoms with van der Waals surface area (Å²) >= 11 is 0. The fourth-order valence-corrected chi connectivity index (χ4v) is 1.26. The van der Waals surface area contributed by atoms with Crippen LogP contribution in [0.1, 0.15) is 20.3 Å². The van der Waals surface area contributed by atoms with Crippen LogP contribution in [-0.4, -0.2) is 12.6 Å². The molecule has 0 radical (unpaired) electrons. The van der Waals surface area contributed by atoms with Gasteiger partial charge >= 0.3 is 0 Å². The quantitative estimate of drug-likeness (QED) is 0.469. The van der Waals surface area contributed by atoms with Crippen LogP contribution < -0.4 is 11.3 Å². The molecule has 0 spiro atoms. The van der Waals surface area contributed by atoms with Crippen LogP contribution in [0.25, 0.3) is 0 Å². The summed E-state index contributed by atoms with van der Waals surface area (Å²) in [5, 5.41) is 0. The van der Waals surface area contributed by atoms with Gasteiger partial charge in [-0.2, -0.15) is 0 Å². The Kier molecular flexibility index (Phi) is 2.91. The van der Waals surface area contributed by atoms with Crippen molar-refractivity contribution < 1.29 is 4.74 Å². The zero-order valence-corrected chi connectivity index (χ0v) is 7.13. The van der Waals surface area contributed by atoms with Crippen molar-refractivity contribution in [3.8, 4) is 0 Å². The smallest absolute Gasteiger partial charge is 0.111 e. The first-order valence-electron chi connectivity index (χ1n) is 4.04. The van der Waals surface area contributed by atoms with Crippen molar-refractivity contribution in [1.82, 2.24) is 5.43 Å². The molecule has 1 heterocycles. The van der Waals surface area contributed by atoms with E-state index in [0.717, 1.165) is 18.8 Å². The maximum Gasteiger partial charge on any atom is 0.111 e. The van der Waals surface area contributed by atoms with E-state index < -0.39 is 0 Å². The molecule has 1 atom stereocenters. The summed E-state index contributed by atoms with van der Waals surface area (Å²) in [4.78, 5) is 0. The van der Waals surface area contributed by atoms with Crippen molar-refractivity contribution in [3.63, 3.8) is 0 Å². The van der Waals surface area contributed by atoms with Gasteiger partial charge in [-0.3, -0.25) is 5.84 Å². The second-order valence-corrected chi connectivity index (χ2v) is 3.13. The van der Waals surface area contributed by atoms with Crippen LogP contribution in [0.2, 0.25) is 0 Å². The lowest BCUT2D eigenvalue weighted by atomic mass is 10.0.